The van der Waals surface area contributed by atoms with Crippen molar-refractivity contribution in [3.8, 4) is 0 Å². The van der Waals surface area contributed by atoms with Crippen LogP contribution in [0, 0.1) is 0 Å². The van der Waals surface area contributed by atoms with Crippen molar-refractivity contribution < 1.29 is 4.74 Å². The number of nitrogens with zero attached hydrogens (tertiary/aromatic N) is 1. The van der Waals surface area contributed by atoms with Crippen molar-refractivity contribution in [3.63, 3.8) is 0 Å². The maximum Gasteiger partial charge on any atom is 0.191 e. The van der Waals surface area contributed by atoms with E-state index in [1.165, 1.54) is 8.66 Å². The van der Waals surface area contributed by atoms with Gasteiger partial charge in [0.1, 0.15) is 0 Å². The molecule has 1 aromatic heterocycles. The standard InChI is InChI=1S/C14H22BrN3OS.HI/c1-2-16-14(18-10-11-4-3-9-19-11)17-8-7-12-5-6-13(15)20-12;/h5-6,11H,2-4,7-10H2,1H3,(H2,16,17,18);1H. The predicted molar refractivity (Wildman–Crippen MR) is 104 cm³/mol. The highest BCUT2D eigenvalue weighted by molar-refractivity contribution is 14.0. The van der Waals surface area contributed by atoms with Crippen LogP contribution in [-0.4, -0.2) is 38.3 Å². The first-order chi connectivity index (χ1) is 9.78. The summed E-state index contributed by atoms with van der Waals surface area (Å²) in [5.41, 5.74) is 0. The van der Waals surface area contributed by atoms with Crippen molar-refractivity contribution in [3.05, 3.63) is 20.8 Å². The largest absolute Gasteiger partial charge is 0.376 e. The Balaban J connectivity index is 0.00000220. The second-order valence-corrected chi connectivity index (χ2v) is 7.28. The molecule has 4 nitrogen and oxygen atoms in total. The molecular formula is C14H23BrIN3OS. The van der Waals surface area contributed by atoms with Gasteiger partial charge in [-0.15, -0.1) is 35.3 Å². The van der Waals surface area contributed by atoms with Crippen molar-refractivity contribution in [2.24, 2.45) is 4.99 Å². The van der Waals surface area contributed by atoms with Crippen LogP contribution in [0.3, 0.4) is 0 Å². The number of nitrogens with one attached hydrogen (secondary N) is 2. The molecule has 0 amide bonds. The summed E-state index contributed by atoms with van der Waals surface area (Å²) in [4.78, 5) is 5.97. The third kappa shape index (κ3) is 7.30. The molecule has 1 aliphatic rings. The van der Waals surface area contributed by atoms with Crippen molar-refractivity contribution in [2.75, 3.05) is 26.2 Å². The van der Waals surface area contributed by atoms with Gasteiger partial charge in [-0.25, -0.2) is 0 Å². The lowest BCUT2D eigenvalue weighted by Gasteiger charge is -2.12. The second-order valence-electron chi connectivity index (χ2n) is 4.74. The summed E-state index contributed by atoms with van der Waals surface area (Å²) >= 11 is 5.27. The molecule has 1 aliphatic heterocycles. The molecule has 2 rings (SSSR count). The van der Waals surface area contributed by atoms with Crippen molar-refractivity contribution in [1.29, 1.82) is 0 Å². The lowest BCUT2D eigenvalue weighted by Crippen LogP contribution is -2.38. The number of rotatable bonds is 6. The van der Waals surface area contributed by atoms with Gasteiger partial charge in [0.2, 0.25) is 0 Å². The van der Waals surface area contributed by atoms with E-state index < -0.39 is 0 Å². The Labute approximate surface area is 156 Å². The van der Waals surface area contributed by atoms with Gasteiger partial charge < -0.3 is 15.4 Å². The fraction of sp³-hybridized carbons (Fsp3) is 0.643. The Morgan fingerprint density at radius 3 is 2.95 bits per heavy atom. The maximum absolute atomic E-state index is 5.59. The van der Waals surface area contributed by atoms with Gasteiger partial charge in [0, 0.05) is 24.6 Å². The minimum Gasteiger partial charge on any atom is -0.376 e. The molecule has 2 heterocycles. The normalized spacial score (nSPS) is 18.4. The van der Waals surface area contributed by atoms with Crippen LogP contribution in [0.25, 0.3) is 0 Å². The van der Waals surface area contributed by atoms with Crippen LogP contribution < -0.4 is 10.6 Å². The summed E-state index contributed by atoms with van der Waals surface area (Å²) in [6.07, 6.45) is 3.61. The number of hydrogen-bond donors (Lipinski definition) is 2. The van der Waals surface area contributed by atoms with E-state index in [4.69, 9.17) is 4.74 Å². The molecule has 0 bridgehead atoms. The first-order valence-corrected chi connectivity index (χ1v) is 8.77. The number of thiophene rings is 1. The molecule has 2 N–H and O–H groups in total. The average Bonchev–Trinajstić information content (AvgIpc) is 3.08. The van der Waals surface area contributed by atoms with Crippen LogP contribution in [0.1, 0.15) is 24.6 Å². The van der Waals surface area contributed by atoms with E-state index in [1.54, 1.807) is 11.3 Å². The fourth-order valence-electron chi connectivity index (χ4n) is 2.11. The molecule has 0 aliphatic carbocycles. The number of guanidine groups is 1. The predicted octanol–water partition coefficient (Wildman–Crippen LogP) is 3.41. The number of halogens is 2. The van der Waals surface area contributed by atoms with Crippen LogP contribution in [0.4, 0.5) is 0 Å². The van der Waals surface area contributed by atoms with Gasteiger partial charge in [-0.3, -0.25) is 4.99 Å². The number of ether oxygens (including phenoxy) is 1. The molecule has 1 atom stereocenters. The molecule has 0 aromatic carbocycles. The van der Waals surface area contributed by atoms with Crippen molar-refractivity contribution >= 4 is 57.2 Å². The van der Waals surface area contributed by atoms with Crippen molar-refractivity contribution in [2.45, 2.75) is 32.3 Å². The fourth-order valence-corrected chi connectivity index (χ4v) is 3.60. The van der Waals surface area contributed by atoms with Gasteiger partial charge in [-0.1, -0.05) is 0 Å². The highest BCUT2D eigenvalue weighted by atomic mass is 127. The molecule has 1 aromatic rings. The Kier molecular flexibility index (Phi) is 9.87. The smallest absolute Gasteiger partial charge is 0.191 e. The molecule has 1 fully saturated rings. The highest BCUT2D eigenvalue weighted by Gasteiger charge is 2.14. The quantitative estimate of drug-likeness (QED) is 0.367. The van der Waals surface area contributed by atoms with Crippen LogP contribution in [0.5, 0.6) is 0 Å². The summed E-state index contributed by atoms with van der Waals surface area (Å²) in [7, 11) is 0. The van der Waals surface area contributed by atoms with Crippen LogP contribution in [-0.2, 0) is 11.2 Å². The Morgan fingerprint density at radius 2 is 2.33 bits per heavy atom. The van der Waals surface area contributed by atoms with Gasteiger partial charge in [0.25, 0.3) is 0 Å². The van der Waals surface area contributed by atoms with E-state index >= 15 is 0 Å². The minimum atomic E-state index is 0. The van der Waals surface area contributed by atoms with Gasteiger partial charge in [-0.2, -0.15) is 0 Å². The zero-order valence-corrected chi connectivity index (χ0v) is 17.0. The Bertz CT molecular complexity index is 436. The zero-order valence-electron chi connectivity index (χ0n) is 12.2. The maximum atomic E-state index is 5.59. The van der Waals surface area contributed by atoms with Gasteiger partial charge in [0.05, 0.1) is 16.4 Å². The molecule has 120 valence electrons. The van der Waals surface area contributed by atoms with E-state index in [2.05, 4.69) is 50.6 Å². The van der Waals surface area contributed by atoms with E-state index in [9.17, 15) is 0 Å². The van der Waals surface area contributed by atoms with E-state index in [0.717, 1.165) is 51.5 Å². The second kappa shape index (κ2) is 10.8. The summed E-state index contributed by atoms with van der Waals surface area (Å²) in [6, 6.07) is 4.25. The lowest BCUT2D eigenvalue weighted by atomic mass is 10.2. The molecule has 1 saturated heterocycles. The molecule has 0 spiro atoms. The van der Waals surface area contributed by atoms with E-state index in [1.807, 2.05) is 0 Å². The van der Waals surface area contributed by atoms with Gasteiger partial charge in [0.15, 0.2) is 5.96 Å². The van der Waals surface area contributed by atoms with E-state index in [-0.39, 0.29) is 24.0 Å². The van der Waals surface area contributed by atoms with Crippen LogP contribution in [0.15, 0.2) is 20.9 Å². The summed E-state index contributed by atoms with van der Waals surface area (Å²) in [5, 5.41) is 6.65. The molecule has 7 heteroatoms. The summed E-state index contributed by atoms with van der Waals surface area (Å²) < 4.78 is 6.78. The topological polar surface area (TPSA) is 45.7 Å². The third-order valence-electron chi connectivity index (χ3n) is 3.11. The highest BCUT2D eigenvalue weighted by Crippen LogP contribution is 2.22. The molecule has 21 heavy (non-hydrogen) atoms. The average molecular weight is 488 g/mol. The molecule has 0 radical (unpaired) electrons. The Hall–Kier alpha value is 0.140. The molecular weight excluding hydrogens is 465 g/mol. The van der Waals surface area contributed by atoms with Crippen LogP contribution in [0.2, 0.25) is 0 Å². The van der Waals surface area contributed by atoms with Gasteiger partial charge >= 0.3 is 0 Å². The van der Waals surface area contributed by atoms with Crippen LogP contribution >= 0.6 is 51.2 Å². The first kappa shape index (κ1) is 19.2. The number of aliphatic imine (C=N–C) groups is 1. The van der Waals surface area contributed by atoms with Crippen molar-refractivity contribution in [1.82, 2.24) is 10.6 Å². The first-order valence-electron chi connectivity index (χ1n) is 7.16. The number of hydrogen-bond acceptors (Lipinski definition) is 3. The van der Waals surface area contributed by atoms with E-state index in [0.29, 0.717) is 6.10 Å². The molecule has 1 unspecified atom stereocenters. The summed E-state index contributed by atoms with van der Waals surface area (Å²) in [6.45, 7) is 5.49. The monoisotopic (exact) mass is 487 g/mol. The van der Waals surface area contributed by atoms with Gasteiger partial charge in [-0.05, 0) is 54.2 Å². The summed E-state index contributed by atoms with van der Waals surface area (Å²) in [5.74, 6) is 0.888. The minimum absolute atomic E-state index is 0. The Morgan fingerprint density at radius 1 is 1.48 bits per heavy atom. The SMILES string of the molecule is CCNC(=NCC1CCCO1)NCCc1ccc(Br)s1.I. The lowest BCUT2D eigenvalue weighted by molar-refractivity contribution is 0.117. The molecule has 0 saturated carbocycles. The zero-order chi connectivity index (χ0) is 14.2. The third-order valence-corrected chi connectivity index (χ3v) is 4.80.